The minimum atomic E-state index is -0.840. The molecule has 1 N–H and O–H groups in total. The Balaban J connectivity index is 1.85. The van der Waals surface area contributed by atoms with Gasteiger partial charge in [-0.15, -0.1) is 0 Å². The molecule has 1 saturated heterocycles. The predicted molar refractivity (Wildman–Crippen MR) is 92.8 cm³/mol. The van der Waals surface area contributed by atoms with Crippen molar-refractivity contribution in [2.75, 3.05) is 5.32 Å². The smallest absolute Gasteiger partial charge is 0.399 e. The Hall–Kier alpha value is -1.84. The van der Waals surface area contributed by atoms with Crippen LogP contribution in [0.2, 0.25) is 0 Å². The lowest BCUT2D eigenvalue weighted by molar-refractivity contribution is -0.119. The fourth-order valence-electron chi connectivity index (χ4n) is 2.77. The lowest BCUT2D eigenvalue weighted by Crippen LogP contribution is -2.41. The van der Waals surface area contributed by atoms with Gasteiger partial charge < -0.3 is 14.6 Å². The summed E-state index contributed by atoms with van der Waals surface area (Å²) in [6, 6.07) is 7.78. The van der Waals surface area contributed by atoms with Crippen molar-refractivity contribution in [3.63, 3.8) is 0 Å². The second kappa shape index (κ2) is 5.33. The van der Waals surface area contributed by atoms with E-state index in [4.69, 9.17) is 14.6 Å². The summed E-state index contributed by atoms with van der Waals surface area (Å²) in [7, 11) is -0.474. The highest BCUT2D eigenvalue weighted by molar-refractivity contribution is 6.62. The molecular weight excluding hydrogens is 303 g/mol. The summed E-state index contributed by atoms with van der Waals surface area (Å²) < 4.78 is 12.2. The SMILES string of the molecule is Cc1c(NC(=O)C2(C#N)CC2)cccc1B1OC(C)(C)C(C)(C)O1. The number of amides is 1. The molecule has 2 aliphatic rings. The number of carbonyl (C=O) groups is 1. The third-order valence-electron chi connectivity index (χ3n) is 5.53. The summed E-state index contributed by atoms with van der Waals surface area (Å²) >= 11 is 0. The van der Waals surface area contributed by atoms with Crippen LogP contribution in [0.3, 0.4) is 0 Å². The zero-order valence-electron chi connectivity index (χ0n) is 14.9. The van der Waals surface area contributed by atoms with E-state index in [-0.39, 0.29) is 5.91 Å². The first kappa shape index (κ1) is 17.0. The first-order chi connectivity index (χ1) is 11.1. The molecule has 1 aromatic rings. The third kappa shape index (κ3) is 2.62. The number of anilines is 1. The van der Waals surface area contributed by atoms with Crippen molar-refractivity contribution in [1.29, 1.82) is 5.26 Å². The summed E-state index contributed by atoms with van der Waals surface area (Å²) in [5, 5.41) is 12.1. The van der Waals surface area contributed by atoms with Crippen LogP contribution in [0.15, 0.2) is 18.2 Å². The number of rotatable bonds is 3. The first-order valence-corrected chi connectivity index (χ1v) is 8.30. The predicted octanol–water partition coefficient (Wildman–Crippen LogP) is 2.54. The maximum absolute atomic E-state index is 12.3. The molecule has 6 heteroatoms. The zero-order valence-corrected chi connectivity index (χ0v) is 14.9. The average Bonchev–Trinajstić information content (AvgIpc) is 3.25. The molecule has 1 aliphatic heterocycles. The maximum Gasteiger partial charge on any atom is 0.495 e. The molecule has 2 fully saturated rings. The van der Waals surface area contributed by atoms with Crippen LogP contribution in [0, 0.1) is 23.7 Å². The normalized spacial score (nSPS) is 22.8. The highest BCUT2D eigenvalue weighted by Gasteiger charge is 2.53. The molecule has 0 bridgehead atoms. The maximum atomic E-state index is 12.3. The van der Waals surface area contributed by atoms with Crippen LogP contribution in [0.5, 0.6) is 0 Å². The van der Waals surface area contributed by atoms with Crippen LogP contribution in [0.25, 0.3) is 0 Å². The topological polar surface area (TPSA) is 71.4 Å². The van der Waals surface area contributed by atoms with Crippen molar-refractivity contribution in [2.24, 2.45) is 5.41 Å². The fraction of sp³-hybridized carbons (Fsp3) is 0.556. The van der Waals surface area contributed by atoms with Crippen LogP contribution in [0.1, 0.15) is 46.1 Å². The number of carbonyl (C=O) groups excluding carboxylic acids is 1. The molecule has 0 spiro atoms. The second-order valence-corrected chi connectivity index (χ2v) is 7.76. The van der Waals surface area contributed by atoms with E-state index in [1.807, 2.05) is 52.8 Å². The van der Waals surface area contributed by atoms with Crippen molar-refractivity contribution in [2.45, 2.75) is 58.7 Å². The van der Waals surface area contributed by atoms with Crippen LogP contribution in [-0.4, -0.2) is 24.2 Å². The molecule has 1 aromatic carbocycles. The molecular formula is C18H23BN2O3. The van der Waals surface area contributed by atoms with Crippen LogP contribution in [-0.2, 0) is 14.1 Å². The van der Waals surface area contributed by atoms with Gasteiger partial charge in [0.1, 0.15) is 5.41 Å². The molecule has 1 amide bonds. The van der Waals surface area contributed by atoms with E-state index < -0.39 is 23.7 Å². The third-order valence-corrected chi connectivity index (χ3v) is 5.53. The fourth-order valence-corrected chi connectivity index (χ4v) is 2.77. The number of hydrogen-bond acceptors (Lipinski definition) is 4. The van der Waals surface area contributed by atoms with Gasteiger partial charge in [-0.3, -0.25) is 4.79 Å². The van der Waals surface area contributed by atoms with E-state index in [0.29, 0.717) is 18.5 Å². The molecule has 0 aromatic heterocycles. The number of nitriles is 1. The van der Waals surface area contributed by atoms with Gasteiger partial charge in [-0.2, -0.15) is 5.26 Å². The first-order valence-electron chi connectivity index (χ1n) is 8.30. The van der Waals surface area contributed by atoms with Gasteiger partial charge in [0.05, 0.1) is 17.3 Å². The van der Waals surface area contributed by atoms with Gasteiger partial charge in [0.2, 0.25) is 5.91 Å². The van der Waals surface area contributed by atoms with Gasteiger partial charge in [-0.05, 0) is 64.6 Å². The number of nitrogens with one attached hydrogen (secondary N) is 1. The molecule has 126 valence electrons. The highest BCUT2D eigenvalue weighted by Crippen LogP contribution is 2.45. The Bertz CT molecular complexity index is 716. The number of hydrogen-bond donors (Lipinski definition) is 1. The average molecular weight is 326 g/mol. The Kier molecular flexibility index (Phi) is 3.78. The van der Waals surface area contributed by atoms with Crippen molar-refractivity contribution >= 4 is 24.2 Å². The highest BCUT2D eigenvalue weighted by atomic mass is 16.7. The second-order valence-electron chi connectivity index (χ2n) is 7.76. The summed E-state index contributed by atoms with van der Waals surface area (Å²) in [5.74, 6) is -0.223. The minimum Gasteiger partial charge on any atom is -0.399 e. The largest absolute Gasteiger partial charge is 0.495 e. The van der Waals surface area contributed by atoms with E-state index in [0.717, 1.165) is 11.0 Å². The Labute approximate surface area is 143 Å². The van der Waals surface area contributed by atoms with E-state index in [2.05, 4.69) is 11.4 Å². The molecule has 3 rings (SSSR count). The summed E-state index contributed by atoms with van der Waals surface area (Å²) in [5.41, 5.74) is 0.831. The van der Waals surface area contributed by atoms with Crippen molar-refractivity contribution in [1.82, 2.24) is 0 Å². The van der Waals surface area contributed by atoms with Crippen molar-refractivity contribution in [3.8, 4) is 6.07 Å². The van der Waals surface area contributed by atoms with Gasteiger partial charge in [-0.1, -0.05) is 12.1 Å². The molecule has 1 heterocycles. The summed E-state index contributed by atoms with van der Waals surface area (Å²) in [6.45, 7) is 9.98. The van der Waals surface area contributed by atoms with Crippen molar-refractivity contribution in [3.05, 3.63) is 23.8 Å². The Morgan fingerprint density at radius 3 is 2.29 bits per heavy atom. The van der Waals surface area contributed by atoms with Gasteiger partial charge in [0.15, 0.2) is 0 Å². The van der Waals surface area contributed by atoms with E-state index in [9.17, 15) is 4.79 Å². The van der Waals surface area contributed by atoms with Gasteiger partial charge in [-0.25, -0.2) is 0 Å². The molecule has 0 unspecified atom stereocenters. The monoisotopic (exact) mass is 326 g/mol. The van der Waals surface area contributed by atoms with E-state index >= 15 is 0 Å². The molecule has 0 radical (unpaired) electrons. The van der Waals surface area contributed by atoms with Gasteiger partial charge >= 0.3 is 7.12 Å². The van der Waals surface area contributed by atoms with E-state index in [1.54, 1.807) is 0 Å². The van der Waals surface area contributed by atoms with Gasteiger partial charge in [0.25, 0.3) is 0 Å². The molecule has 5 nitrogen and oxygen atoms in total. The molecule has 24 heavy (non-hydrogen) atoms. The minimum absolute atomic E-state index is 0.223. The quantitative estimate of drug-likeness (QED) is 0.867. The number of nitrogens with zero attached hydrogens (tertiary/aromatic N) is 1. The Morgan fingerprint density at radius 1 is 1.21 bits per heavy atom. The molecule has 1 aliphatic carbocycles. The number of benzene rings is 1. The van der Waals surface area contributed by atoms with E-state index in [1.165, 1.54) is 0 Å². The van der Waals surface area contributed by atoms with Crippen LogP contribution in [0.4, 0.5) is 5.69 Å². The van der Waals surface area contributed by atoms with Crippen molar-refractivity contribution < 1.29 is 14.1 Å². The van der Waals surface area contributed by atoms with Gasteiger partial charge in [0, 0.05) is 5.69 Å². The standard InChI is InChI=1S/C18H23BN2O3/c1-12-13(19-23-16(2,3)17(4,5)24-19)7-6-8-14(12)21-15(22)18(11-20)9-10-18/h6-8H,9-10H2,1-5H3,(H,21,22). The summed E-state index contributed by atoms with van der Waals surface area (Å²) in [6.07, 6.45) is 1.26. The molecule has 1 saturated carbocycles. The van der Waals surface area contributed by atoms with Crippen LogP contribution >= 0.6 is 0 Å². The lowest BCUT2D eigenvalue weighted by atomic mass is 9.76. The molecule has 0 atom stereocenters. The zero-order chi connectivity index (χ0) is 17.8. The summed E-state index contributed by atoms with van der Waals surface area (Å²) in [4.78, 5) is 12.3. The lowest BCUT2D eigenvalue weighted by Gasteiger charge is -2.32. The van der Waals surface area contributed by atoms with Crippen LogP contribution < -0.4 is 10.8 Å². The Morgan fingerprint density at radius 2 is 1.79 bits per heavy atom.